The summed E-state index contributed by atoms with van der Waals surface area (Å²) in [5.74, 6) is 0.577. The molecule has 4 rings (SSSR count). The van der Waals surface area contributed by atoms with Crippen molar-refractivity contribution in [2.75, 3.05) is 29.9 Å². The van der Waals surface area contributed by atoms with E-state index in [9.17, 15) is 9.59 Å². The summed E-state index contributed by atoms with van der Waals surface area (Å²) < 4.78 is 8.88. The van der Waals surface area contributed by atoms with E-state index in [1.165, 1.54) is 6.42 Å². The van der Waals surface area contributed by atoms with Crippen LogP contribution in [0.2, 0.25) is 0 Å². The van der Waals surface area contributed by atoms with Crippen molar-refractivity contribution in [2.24, 2.45) is 14.1 Å². The van der Waals surface area contributed by atoms with E-state index in [0.29, 0.717) is 12.2 Å². The summed E-state index contributed by atoms with van der Waals surface area (Å²) in [5, 5.41) is 3.09. The lowest BCUT2D eigenvalue weighted by atomic mass is 10.1. The lowest BCUT2D eigenvalue weighted by molar-refractivity contribution is 0.102. The highest BCUT2D eigenvalue weighted by molar-refractivity contribution is 6.07. The molecule has 1 saturated heterocycles. The van der Waals surface area contributed by atoms with Crippen LogP contribution in [0.5, 0.6) is 5.75 Å². The first-order valence-corrected chi connectivity index (χ1v) is 11.0. The number of imidazole rings is 1. The first-order chi connectivity index (χ1) is 15.0. The number of carbonyl (C=O) groups is 1. The maximum absolute atomic E-state index is 13.0. The maximum atomic E-state index is 13.0. The largest absolute Gasteiger partial charge is 0.494 e. The summed E-state index contributed by atoms with van der Waals surface area (Å²) in [5.41, 5.74) is 3.84. The molecule has 7 heteroatoms. The number of hydrogen-bond donors (Lipinski definition) is 1. The van der Waals surface area contributed by atoms with E-state index in [4.69, 9.17) is 4.74 Å². The van der Waals surface area contributed by atoms with E-state index in [2.05, 4.69) is 17.1 Å². The van der Waals surface area contributed by atoms with Crippen LogP contribution >= 0.6 is 0 Å². The zero-order chi connectivity index (χ0) is 22.0. The summed E-state index contributed by atoms with van der Waals surface area (Å²) in [6, 6.07) is 11.1. The van der Waals surface area contributed by atoms with Crippen LogP contribution in [0, 0.1) is 0 Å². The molecule has 31 heavy (non-hydrogen) atoms. The number of hydrogen-bond acceptors (Lipinski definition) is 4. The Bertz CT molecular complexity index is 1140. The smallest absolute Gasteiger partial charge is 0.328 e. The highest BCUT2D eigenvalue weighted by Gasteiger charge is 2.20. The Morgan fingerprint density at radius 2 is 1.65 bits per heavy atom. The second kappa shape index (κ2) is 8.88. The van der Waals surface area contributed by atoms with E-state index in [-0.39, 0.29) is 11.6 Å². The van der Waals surface area contributed by atoms with Crippen molar-refractivity contribution < 1.29 is 9.53 Å². The van der Waals surface area contributed by atoms with Crippen LogP contribution in [-0.4, -0.2) is 34.7 Å². The molecule has 3 aromatic rings. The molecule has 0 bridgehead atoms. The summed E-state index contributed by atoms with van der Waals surface area (Å²) in [6.45, 7) is 4.60. The van der Waals surface area contributed by atoms with Gasteiger partial charge >= 0.3 is 5.69 Å². The molecule has 1 fully saturated rings. The fraction of sp³-hybridized carbons (Fsp3) is 0.417. The highest BCUT2D eigenvalue weighted by atomic mass is 16.5. The Hall–Kier alpha value is -3.22. The fourth-order valence-electron chi connectivity index (χ4n) is 4.15. The molecule has 1 aliphatic heterocycles. The number of aromatic nitrogens is 2. The predicted molar refractivity (Wildman–Crippen MR) is 124 cm³/mol. The van der Waals surface area contributed by atoms with Gasteiger partial charge in [0.1, 0.15) is 5.75 Å². The van der Waals surface area contributed by atoms with Gasteiger partial charge in [-0.25, -0.2) is 4.79 Å². The summed E-state index contributed by atoms with van der Waals surface area (Å²) in [7, 11) is 3.54. The zero-order valence-corrected chi connectivity index (χ0v) is 18.5. The van der Waals surface area contributed by atoms with Gasteiger partial charge in [-0.1, -0.05) is 6.92 Å². The molecule has 0 radical (unpaired) electrons. The number of piperidine rings is 1. The fourth-order valence-corrected chi connectivity index (χ4v) is 4.15. The lowest BCUT2D eigenvalue weighted by Crippen LogP contribution is -2.30. The second-order valence-corrected chi connectivity index (χ2v) is 8.13. The SMILES string of the molecule is CCCOc1ccc(C(=O)Nc2cc3c(cc2N2CCCCC2)n(C)c(=O)n3C)cc1. The molecule has 1 aromatic heterocycles. The van der Waals surface area contributed by atoms with Gasteiger partial charge in [0.2, 0.25) is 0 Å². The first-order valence-electron chi connectivity index (χ1n) is 11.0. The quantitative estimate of drug-likeness (QED) is 0.654. The van der Waals surface area contributed by atoms with Gasteiger partial charge < -0.3 is 15.0 Å². The number of carbonyl (C=O) groups excluding carboxylic acids is 1. The van der Waals surface area contributed by atoms with Crippen molar-refractivity contribution in [3.8, 4) is 5.75 Å². The van der Waals surface area contributed by atoms with Gasteiger partial charge in [-0.3, -0.25) is 13.9 Å². The Labute approximate surface area is 182 Å². The van der Waals surface area contributed by atoms with Crippen molar-refractivity contribution in [2.45, 2.75) is 32.6 Å². The number of nitrogens with one attached hydrogen (secondary N) is 1. The number of nitrogens with zero attached hydrogens (tertiary/aromatic N) is 3. The molecule has 0 spiro atoms. The van der Waals surface area contributed by atoms with Crippen LogP contribution in [0.4, 0.5) is 11.4 Å². The highest BCUT2D eigenvalue weighted by Crippen LogP contribution is 2.33. The van der Waals surface area contributed by atoms with E-state index in [0.717, 1.165) is 60.5 Å². The normalized spacial score (nSPS) is 14.1. The molecule has 164 valence electrons. The molecular formula is C24H30N4O3. The molecule has 0 unspecified atom stereocenters. The Morgan fingerprint density at radius 1 is 1.00 bits per heavy atom. The topological polar surface area (TPSA) is 68.5 Å². The minimum Gasteiger partial charge on any atom is -0.494 e. The second-order valence-electron chi connectivity index (χ2n) is 8.13. The average molecular weight is 423 g/mol. The average Bonchev–Trinajstić information content (AvgIpc) is 3.01. The van der Waals surface area contributed by atoms with Crippen molar-refractivity contribution >= 4 is 28.3 Å². The first kappa shape index (κ1) is 21.0. The van der Waals surface area contributed by atoms with Crippen molar-refractivity contribution in [3.63, 3.8) is 0 Å². The van der Waals surface area contributed by atoms with Crippen molar-refractivity contribution in [1.82, 2.24) is 9.13 Å². The van der Waals surface area contributed by atoms with Gasteiger partial charge in [0, 0.05) is 32.7 Å². The van der Waals surface area contributed by atoms with E-state index in [1.807, 2.05) is 24.3 Å². The third-order valence-corrected chi connectivity index (χ3v) is 5.92. The molecular weight excluding hydrogens is 392 g/mol. The van der Waals surface area contributed by atoms with Crippen LogP contribution in [0.15, 0.2) is 41.2 Å². The third-order valence-electron chi connectivity index (χ3n) is 5.92. The standard InChI is InChI=1S/C24H30N4O3/c1-4-14-31-18-10-8-17(9-11-18)23(29)25-19-15-21-22(27(3)24(30)26(21)2)16-20(19)28-12-6-5-7-13-28/h8-11,15-16H,4-7,12-14H2,1-3H3,(H,25,29). The number of rotatable bonds is 6. The van der Waals surface area contributed by atoms with Crippen LogP contribution in [-0.2, 0) is 14.1 Å². The molecule has 2 aromatic carbocycles. The summed E-state index contributed by atoms with van der Waals surface area (Å²) >= 11 is 0. The number of aryl methyl sites for hydroxylation is 2. The molecule has 0 atom stereocenters. The molecule has 0 saturated carbocycles. The van der Waals surface area contributed by atoms with Gasteiger partial charge in [0.05, 0.1) is 29.0 Å². The Kier molecular flexibility index (Phi) is 6.02. The van der Waals surface area contributed by atoms with Crippen LogP contribution in [0.25, 0.3) is 11.0 Å². The zero-order valence-electron chi connectivity index (χ0n) is 18.5. The molecule has 1 N–H and O–H groups in total. The van der Waals surface area contributed by atoms with Gasteiger partial charge in [0.15, 0.2) is 0 Å². The van der Waals surface area contributed by atoms with Crippen LogP contribution in [0.1, 0.15) is 43.0 Å². The Morgan fingerprint density at radius 3 is 2.29 bits per heavy atom. The van der Waals surface area contributed by atoms with Crippen molar-refractivity contribution in [1.29, 1.82) is 0 Å². The van der Waals surface area contributed by atoms with E-state index < -0.39 is 0 Å². The van der Waals surface area contributed by atoms with E-state index >= 15 is 0 Å². The number of benzene rings is 2. The number of anilines is 2. The Balaban J connectivity index is 1.68. The van der Waals surface area contributed by atoms with Crippen molar-refractivity contribution in [3.05, 3.63) is 52.4 Å². The number of amides is 1. The minimum absolute atomic E-state index is 0.0780. The van der Waals surface area contributed by atoms with Gasteiger partial charge in [-0.15, -0.1) is 0 Å². The summed E-state index contributed by atoms with van der Waals surface area (Å²) in [4.78, 5) is 27.8. The molecule has 7 nitrogen and oxygen atoms in total. The number of ether oxygens (including phenoxy) is 1. The third kappa shape index (κ3) is 4.17. The molecule has 1 amide bonds. The molecule has 1 aliphatic rings. The van der Waals surface area contributed by atoms with Gasteiger partial charge in [-0.05, 0) is 62.1 Å². The molecule has 0 aliphatic carbocycles. The predicted octanol–water partition coefficient (Wildman–Crippen LogP) is 3.91. The lowest BCUT2D eigenvalue weighted by Gasteiger charge is -2.30. The maximum Gasteiger partial charge on any atom is 0.328 e. The van der Waals surface area contributed by atoms with E-state index in [1.54, 1.807) is 35.4 Å². The number of fused-ring (bicyclic) bond motifs is 1. The molecule has 2 heterocycles. The van der Waals surface area contributed by atoms with Crippen LogP contribution < -0.4 is 20.6 Å². The van der Waals surface area contributed by atoms with Gasteiger partial charge in [0.25, 0.3) is 5.91 Å². The summed E-state index contributed by atoms with van der Waals surface area (Å²) in [6.07, 6.45) is 4.40. The van der Waals surface area contributed by atoms with Gasteiger partial charge in [-0.2, -0.15) is 0 Å². The van der Waals surface area contributed by atoms with Crippen LogP contribution in [0.3, 0.4) is 0 Å². The monoisotopic (exact) mass is 422 g/mol. The minimum atomic E-state index is -0.180.